The van der Waals surface area contributed by atoms with E-state index in [0.29, 0.717) is 12.1 Å². The van der Waals surface area contributed by atoms with Crippen molar-refractivity contribution in [2.75, 3.05) is 6.26 Å². The van der Waals surface area contributed by atoms with E-state index in [2.05, 4.69) is 114 Å². The number of nitrogens with zero attached hydrogens (tertiary/aromatic N) is 2. The second-order valence-electron chi connectivity index (χ2n) is 10.5. The van der Waals surface area contributed by atoms with E-state index in [1.165, 1.54) is 49.9 Å². The van der Waals surface area contributed by atoms with E-state index in [-0.39, 0.29) is 5.54 Å². The highest BCUT2D eigenvalue weighted by Crippen LogP contribution is 2.48. The topological polar surface area (TPSA) is 33.9 Å². The Hall–Kier alpha value is -2.89. The van der Waals surface area contributed by atoms with Gasteiger partial charge in [0, 0.05) is 57.3 Å². The van der Waals surface area contributed by atoms with Crippen LogP contribution in [0.4, 0.5) is 0 Å². The largest absolute Gasteiger partial charge is 0.376 e. The molecule has 6 rings (SSSR count). The van der Waals surface area contributed by atoms with Crippen LogP contribution in [-0.2, 0) is 6.54 Å². The number of fused-ring (bicyclic) bond motifs is 7. The Morgan fingerprint density at radius 2 is 1.80 bits per heavy atom. The summed E-state index contributed by atoms with van der Waals surface area (Å²) in [6.07, 6.45) is 3.19. The Morgan fingerprint density at radius 1 is 1.09 bits per heavy atom. The van der Waals surface area contributed by atoms with Crippen LogP contribution in [0.25, 0.3) is 38.8 Å². The van der Waals surface area contributed by atoms with Gasteiger partial charge < -0.3 is 14.5 Å². The Kier molecular flexibility index (Phi) is 5.20. The van der Waals surface area contributed by atoms with Crippen molar-refractivity contribution in [1.82, 2.24) is 19.2 Å². The molecule has 0 radical (unpaired) electrons. The van der Waals surface area contributed by atoms with E-state index in [9.17, 15) is 0 Å². The number of hydrogen-bond donors (Lipinski definition) is 2. The molecule has 4 nitrogen and oxygen atoms in total. The van der Waals surface area contributed by atoms with Gasteiger partial charge in [-0.25, -0.2) is 0 Å². The molecular formula is C30H34N4S. The van der Waals surface area contributed by atoms with E-state index < -0.39 is 0 Å². The molecule has 2 unspecified atom stereocenters. The van der Waals surface area contributed by atoms with Crippen molar-refractivity contribution in [3.05, 3.63) is 78.0 Å². The minimum Gasteiger partial charge on any atom is -0.376 e. The lowest BCUT2D eigenvalue weighted by Crippen LogP contribution is -2.35. The smallest absolute Gasteiger partial charge is 0.0739 e. The molecule has 35 heavy (non-hydrogen) atoms. The van der Waals surface area contributed by atoms with E-state index in [1.807, 2.05) is 0 Å². The third kappa shape index (κ3) is 3.25. The zero-order valence-electron chi connectivity index (χ0n) is 21.3. The number of aromatic nitrogens is 2. The van der Waals surface area contributed by atoms with Gasteiger partial charge in [-0.05, 0) is 64.1 Å². The molecule has 5 heteroatoms. The highest BCUT2D eigenvalue weighted by molar-refractivity contribution is 7.96. The molecule has 2 atom stereocenters. The molecular weight excluding hydrogens is 448 g/mol. The molecule has 2 aromatic carbocycles. The Bertz CT molecular complexity index is 1520. The van der Waals surface area contributed by atoms with Crippen molar-refractivity contribution in [3.8, 4) is 11.4 Å². The van der Waals surface area contributed by atoms with Crippen LogP contribution in [0.3, 0.4) is 0 Å². The van der Waals surface area contributed by atoms with Crippen molar-refractivity contribution in [2.24, 2.45) is 0 Å². The highest BCUT2D eigenvalue weighted by atomic mass is 32.2. The lowest BCUT2D eigenvalue weighted by Gasteiger charge is -2.31. The fourth-order valence-corrected chi connectivity index (χ4v) is 6.88. The molecule has 2 aliphatic heterocycles. The summed E-state index contributed by atoms with van der Waals surface area (Å²) in [6.45, 7) is 14.6. The first-order valence-electron chi connectivity index (χ1n) is 12.5. The molecule has 0 spiro atoms. The number of rotatable bonds is 3. The zero-order valence-corrected chi connectivity index (χ0v) is 22.1. The normalized spacial score (nSPS) is 21.7. The molecule has 0 saturated heterocycles. The van der Waals surface area contributed by atoms with Gasteiger partial charge in [-0.1, -0.05) is 54.9 Å². The summed E-state index contributed by atoms with van der Waals surface area (Å²) in [4.78, 5) is 0. The molecule has 2 N–H and O–H groups in total. The average Bonchev–Trinajstić information content (AvgIpc) is 3.42. The molecule has 0 amide bonds. The van der Waals surface area contributed by atoms with Crippen LogP contribution >= 0.6 is 11.9 Å². The van der Waals surface area contributed by atoms with Crippen LogP contribution in [0.15, 0.2) is 72.4 Å². The Balaban J connectivity index is 1.76. The quantitative estimate of drug-likeness (QED) is 0.305. The van der Waals surface area contributed by atoms with Crippen LogP contribution in [0.1, 0.15) is 45.7 Å². The van der Waals surface area contributed by atoms with Gasteiger partial charge in [0.15, 0.2) is 0 Å². The van der Waals surface area contributed by atoms with Gasteiger partial charge in [0.2, 0.25) is 0 Å². The molecule has 0 aliphatic carbocycles. The van der Waals surface area contributed by atoms with Gasteiger partial charge in [-0.3, -0.25) is 4.72 Å². The first-order valence-corrected chi connectivity index (χ1v) is 13.7. The fourth-order valence-electron chi connectivity index (χ4n) is 6.26. The summed E-state index contributed by atoms with van der Waals surface area (Å²) in [5, 5.41) is 6.26. The Labute approximate surface area is 212 Å². The van der Waals surface area contributed by atoms with E-state index in [1.54, 1.807) is 11.9 Å². The Morgan fingerprint density at radius 3 is 2.51 bits per heavy atom. The minimum atomic E-state index is -0.114. The third-order valence-electron chi connectivity index (χ3n) is 8.21. The SMILES string of the molecule is C=C1NC(C)(C)C(C)=C1c1c2n(c3ccccc13)CCC(NSC)C(C)n1c-2cc2ccccc21. The van der Waals surface area contributed by atoms with Crippen LogP contribution in [0.5, 0.6) is 0 Å². The summed E-state index contributed by atoms with van der Waals surface area (Å²) in [5.74, 6) is 0. The predicted octanol–water partition coefficient (Wildman–Crippen LogP) is 7.13. The second kappa shape index (κ2) is 8.07. The average molecular weight is 483 g/mol. The van der Waals surface area contributed by atoms with Crippen LogP contribution in [0.2, 0.25) is 0 Å². The molecule has 180 valence electrons. The van der Waals surface area contributed by atoms with E-state index in [0.717, 1.165) is 18.7 Å². The molecule has 0 fully saturated rings. The third-order valence-corrected chi connectivity index (χ3v) is 8.75. The molecule has 2 aromatic heterocycles. The lowest BCUT2D eigenvalue weighted by molar-refractivity contribution is 0.386. The van der Waals surface area contributed by atoms with E-state index in [4.69, 9.17) is 0 Å². The maximum Gasteiger partial charge on any atom is 0.0739 e. The first kappa shape index (κ1) is 22.6. The van der Waals surface area contributed by atoms with Crippen molar-refractivity contribution in [3.63, 3.8) is 0 Å². The standard InChI is InChI=1S/C30H34N4S/c1-18-27(19(2)31-30(18,4)5)28-22-12-8-10-14-25(22)33-16-15-23(32-35-6)20(3)34-24-13-9-7-11-21(24)17-26(34)29(28)33/h7-14,17,20,23,31-32H,2,15-16H2,1,3-6H3. The summed E-state index contributed by atoms with van der Waals surface area (Å²) in [5.41, 5.74) is 10.0. The maximum absolute atomic E-state index is 4.49. The minimum absolute atomic E-state index is 0.114. The number of benzene rings is 2. The molecule has 0 bridgehead atoms. The lowest BCUT2D eigenvalue weighted by atomic mass is 9.90. The van der Waals surface area contributed by atoms with Crippen LogP contribution < -0.4 is 10.0 Å². The van der Waals surface area contributed by atoms with Crippen molar-refractivity contribution < 1.29 is 0 Å². The van der Waals surface area contributed by atoms with Gasteiger partial charge in [-0.2, -0.15) is 0 Å². The molecule has 0 saturated carbocycles. The molecule has 2 aliphatic rings. The van der Waals surface area contributed by atoms with Gasteiger partial charge in [-0.15, -0.1) is 0 Å². The van der Waals surface area contributed by atoms with Crippen molar-refractivity contribution in [2.45, 2.75) is 58.3 Å². The summed E-state index contributed by atoms with van der Waals surface area (Å²) < 4.78 is 8.85. The number of para-hydroxylation sites is 2. The fraction of sp³-hybridized carbons (Fsp3) is 0.333. The monoisotopic (exact) mass is 482 g/mol. The number of aryl methyl sites for hydroxylation is 1. The van der Waals surface area contributed by atoms with Crippen LogP contribution in [0, 0.1) is 0 Å². The van der Waals surface area contributed by atoms with Gasteiger partial charge >= 0.3 is 0 Å². The first-order chi connectivity index (χ1) is 16.8. The van der Waals surface area contributed by atoms with Crippen LogP contribution in [-0.4, -0.2) is 27.0 Å². The van der Waals surface area contributed by atoms with Crippen molar-refractivity contribution in [1.29, 1.82) is 0 Å². The summed E-state index contributed by atoms with van der Waals surface area (Å²) in [6, 6.07) is 20.8. The second-order valence-corrected chi connectivity index (χ2v) is 11.2. The number of allylic oxidation sites excluding steroid dienone is 1. The van der Waals surface area contributed by atoms with Gasteiger partial charge in [0.1, 0.15) is 0 Å². The van der Waals surface area contributed by atoms with Gasteiger partial charge in [0.25, 0.3) is 0 Å². The zero-order chi connectivity index (χ0) is 24.5. The summed E-state index contributed by atoms with van der Waals surface area (Å²) in [7, 11) is 0. The predicted molar refractivity (Wildman–Crippen MR) is 152 cm³/mol. The molecule has 4 heterocycles. The maximum atomic E-state index is 4.49. The van der Waals surface area contributed by atoms with Gasteiger partial charge in [0.05, 0.1) is 16.9 Å². The highest BCUT2D eigenvalue weighted by Gasteiger charge is 2.37. The number of hydrogen-bond acceptors (Lipinski definition) is 3. The van der Waals surface area contributed by atoms with Crippen molar-refractivity contribution >= 4 is 39.3 Å². The summed E-state index contributed by atoms with van der Waals surface area (Å²) >= 11 is 1.72. The number of nitrogens with one attached hydrogen (secondary N) is 2. The molecule has 4 aromatic rings. The van der Waals surface area contributed by atoms with E-state index >= 15 is 0 Å².